The van der Waals surface area contributed by atoms with Crippen molar-refractivity contribution in [1.29, 1.82) is 0 Å². The van der Waals surface area contributed by atoms with Crippen molar-refractivity contribution in [3.05, 3.63) is 59.4 Å². The first-order valence-electron chi connectivity index (χ1n) is 8.00. The highest BCUT2D eigenvalue weighted by Crippen LogP contribution is 2.29. The number of nitrogens with two attached hydrogens (primary N) is 1. The summed E-state index contributed by atoms with van der Waals surface area (Å²) in [6, 6.07) is 10.9. The fourth-order valence-corrected chi connectivity index (χ4v) is 2.32. The molecular formula is C19H22FNO4. The van der Waals surface area contributed by atoms with Crippen molar-refractivity contribution in [3.8, 4) is 11.5 Å². The molecule has 0 spiro atoms. The van der Waals surface area contributed by atoms with Gasteiger partial charge in [-0.25, -0.2) is 4.39 Å². The van der Waals surface area contributed by atoms with Crippen LogP contribution >= 0.6 is 0 Å². The van der Waals surface area contributed by atoms with E-state index < -0.39 is 12.0 Å². The van der Waals surface area contributed by atoms with Crippen molar-refractivity contribution in [2.24, 2.45) is 5.73 Å². The van der Waals surface area contributed by atoms with Gasteiger partial charge in [0.25, 0.3) is 0 Å². The number of carbonyl (C=O) groups excluding carboxylic acids is 1. The molecule has 1 atom stereocenters. The molecule has 0 heterocycles. The van der Waals surface area contributed by atoms with Crippen LogP contribution in [0, 0.1) is 5.82 Å². The first-order valence-corrected chi connectivity index (χ1v) is 8.00. The number of carbonyl (C=O) groups is 1. The Kier molecular flexibility index (Phi) is 6.77. The fraction of sp³-hybridized carbons (Fsp3) is 0.316. The van der Waals surface area contributed by atoms with Gasteiger partial charge in [-0.1, -0.05) is 24.3 Å². The lowest BCUT2D eigenvalue weighted by Crippen LogP contribution is -2.34. The van der Waals surface area contributed by atoms with Crippen LogP contribution in [0.3, 0.4) is 0 Å². The molecule has 0 aliphatic rings. The van der Waals surface area contributed by atoms with Crippen LogP contribution in [0.25, 0.3) is 0 Å². The van der Waals surface area contributed by atoms with Gasteiger partial charge in [-0.15, -0.1) is 0 Å². The standard InChI is InChI=1S/C19H22FNO4/c1-3-24-19(22)16(21)10-13-8-9-17(23-2)18(11-13)25-12-14-6-4-5-7-15(14)20/h4-9,11,16H,3,10,12,21H2,1-2H3. The van der Waals surface area contributed by atoms with Crippen molar-refractivity contribution in [2.45, 2.75) is 26.0 Å². The number of methoxy groups -OCH3 is 1. The maximum absolute atomic E-state index is 13.7. The van der Waals surface area contributed by atoms with E-state index in [1.807, 2.05) is 0 Å². The van der Waals surface area contributed by atoms with Gasteiger partial charge >= 0.3 is 5.97 Å². The number of esters is 1. The number of hydrogen-bond donors (Lipinski definition) is 1. The average Bonchev–Trinajstić information content (AvgIpc) is 2.61. The highest BCUT2D eigenvalue weighted by atomic mass is 19.1. The minimum absolute atomic E-state index is 0.0659. The third-order valence-electron chi connectivity index (χ3n) is 3.61. The summed E-state index contributed by atoms with van der Waals surface area (Å²) >= 11 is 0. The zero-order chi connectivity index (χ0) is 18.2. The van der Waals surface area contributed by atoms with Crippen molar-refractivity contribution < 1.29 is 23.4 Å². The SMILES string of the molecule is CCOC(=O)C(N)Cc1ccc(OC)c(OCc2ccccc2F)c1. The summed E-state index contributed by atoms with van der Waals surface area (Å²) in [4.78, 5) is 11.7. The molecule has 0 aromatic heterocycles. The molecule has 2 N–H and O–H groups in total. The lowest BCUT2D eigenvalue weighted by Gasteiger charge is -2.14. The summed E-state index contributed by atoms with van der Waals surface area (Å²) in [5.41, 5.74) is 7.08. The van der Waals surface area contributed by atoms with Crippen molar-refractivity contribution in [2.75, 3.05) is 13.7 Å². The van der Waals surface area contributed by atoms with E-state index in [4.69, 9.17) is 19.9 Å². The summed E-state index contributed by atoms with van der Waals surface area (Å²) in [5.74, 6) is 0.193. The second-order valence-electron chi connectivity index (χ2n) is 5.43. The molecule has 0 saturated carbocycles. The number of ether oxygens (including phenoxy) is 3. The Balaban J connectivity index is 2.11. The Labute approximate surface area is 146 Å². The Morgan fingerprint density at radius 1 is 1.20 bits per heavy atom. The smallest absolute Gasteiger partial charge is 0.323 e. The van der Waals surface area contributed by atoms with Gasteiger partial charge in [0.2, 0.25) is 0 Å². The molecule has 0 amide bonds. The van der Waals surface area contributed by atoms with E-state index in [0.717, 1.165) is 5.56 Å². The average molecular weight is 347 g/mol. The molecule has 0 radical (unpaired) electrons. The maximum atomic E-state index is 13.7. The molecule has 0 aliphatic heterocycles. The lowest BCUT2D eigenvalue weighted by atomic mass is 10.1. The maximum Gasteiger partial charge on any atom is 0.323 e. The van der Waals surface area contributed by atoms with E-state index in [1.54, 1.807) is 43.3 Å². The van der Waals surface area contributed by atoms with Gasteiger partial charge in [-0.3, -0.25) is 4.79 Å². The predicted molar refractivity (Wildman–Crippen MR) is 92.0 cm³/mol. The highest BCUT2D eigenvalue weighted by Gasteiger charge is 2.16. The fourth-order valence-electron chi connectivity index (χ4n) is 2.32. The number of halogens is 1. The molecule has 0 aliphatic carbocycles. The number of rotatable bonds is 8. The molecule has 0 saturated heterocycles. The van der Waals surface area contributed by atoms with Crippen molar-refractivity contribution in [1.82, 2.24) is 0 Å². The van der Waals surface area contributed by atoms with E-state index in [-0.39, 0.29) is 19.0 Å². The van der Waals surface area contributed by atoms with Crippen LogP contribution in [0.1, 0.15) is 18.1 Å². The summed E-state index contributed by atoms with van der Waals surface area (Å²) < 4.78 is 29.6. The Morgan fingerprint density at radius 3 is 2.64 bits per heavy atom. The highest BCUT2D eigenvalue weighted by molar-refractivity contribution is 5.75. The number of benzene rings is 2. The lowest BCUT2D eigenvalue weighted by molar-refractivity contribution is -0.144. The first kappa shape index (κ1) is 18.7. The van der Waals surface area contributed by atoms with E-state index in [9.17, 15) is 9.18 Å². The Bertz CT molecular complexity index is 720. The largest absolute Gasteiger partial charge is 0.493 e. The summed E-state index contributed by atoms with van der Waals surface area (Å²) in [6.45, 7) is 2.08. The summed E-state index contributed by atoms with van der Waals surface area (Å²) in [6.07, 6.45) is 0.304. The predicted octanol–water partition coefficient (Wildman–Crippen LogP) is 2.85. The molecule has 5 nitrogen and oxygen atoms in total. The van der Waals surface area contributed by atoms with Gasteiger partial charge in [0.05, 0.1) is 13.7 Å². The molecule has 6 heteroatoms. The second-order valence-corrected chi connectivity index (χ2v) is 5.43. The van der Waals surface area contributed by atoms with Crippen LogP contribution in [-0.2, 0) is 22.6 Å². The van der Waals surface area contributed by atoms with Crippen LogP contribution in [0.15, 0.2) is 42.5 Å². The van der Waals surface area contributed by atoms with Gasteiger partial charge < -0.3 is 19.9 Å². The normalized spacial score (nSPS) is 11.7. The molecule has 0 fully saturated rings. The summed E-state index contributed by atoms with van der Waals surface area (Å²) in [5, 5.41) is 0. The van der Waals surface area contributed by atoms with Gasteiger partial charge in [0.15, 0.2) is 11.5 Å². The third kappa shape index (κ3) is 5.19. The van der Waals surface area contributed by atoms with Crippen LogP contribution in [0.5, 0.6) is 11.5 Å². The van der Waals surface area contributed by atoms with Crippen LogP contribution < -0.4 is 15.2 Å². The van der Waals surface area contributed by atoms with E-state index in [0.29, 0.717) is 23.5 Å². The number of hydrogen-bond acceptors (Lipinski definition) is 5. The second kappa shape index (κ2) is 9.03. The van der Waals surface area contributed by atoms with Crippen LogP contribution in [0.2, 0.25) is 0 Å². The monoisotopic (exact) mass is 347 g/mol. The van der Waals surface area contributed by atoms with Crippen molar-refractivity contribution >= 4 is 5.97 Å². The zero-order valence-electron chi connectivity index (χ0n) is 14.3. The van der Waals surface area contributed by atoms with Gasteiger partial charge in [-0.05, 0) is 37.1 Å². The van der Waals surface area contributed by atoms with Gasteiger partial charge in [0.1, 0.15) is 18.5 Å². The minimum atomic E-state index is -0.757. The minimum Gasteiger partial charge on any atom is -0.493 e. The summed E-state index contributed by atoms with van der Waals surface area (Å²) in [7, 11) is 1.52. The molecule has 2 aromatic carbocycles. The van der Waals surface area contributed by atoms with Gasteiger partial charge in [-0.2, -0.15) is 0 Å². The van der Waals surface area contributed by atoms with Crippen LogP contribution in [-0.4, -0.2) is 25.7 Å². The van der Waals surface area contributed by atoms with E-state index >= 15 is 0 Å². The van der Waals surface area contributed by atoms with Gasteiger partial charge in [0, 0.05) is 5.56 Å². The topological polar surface area (TPSA) is 70.8 Å². The Hall–Kier alpha value is -2.60. The molecular weight excluding hydrogens is 325 g/mol. The zero-order valence-corrected chi connectivity index (χ0v) is 14.3. The first-order chi connectivity index (χ1) is 12.0. The Morgan fingerprint density at radius 2 is 1.96 bits per heavy atom. The third-order valence-corrected chi connectivity index (χ3v) is 3.61. The molecule has 1 unspecified atom stereocenters. The quantitative estimate of drug-likeness (QED) is 0.744. The van der Waals surface area contributed by atoms with E-state index in [1.165, 1.54) is 13.2 Å². The molecule has 134 valence electrons. The van der Waals surface area contributed by atoms with Crippen molar-refractivity contribution in [3.63, 3.8) is 0 Å². The molecule has 0 bridgehead atoms. The molecule has 2 rings (SSSR count). The van der Waals surface area contributed by atoms with E-state index in [2.05, 4.69) is 0 Å². The van der Waals surface area contributed by atoms with Crippen LogP contribution in [0.4, 0.5) is 4.39 Å². The molecule has 25 heavy (non-hydrogen) atoms. The molecule has 2 aromatic rings.